The first-order valence-electron chi connectivity index (χ1n) is 6.13. The molecule has 110 valence electrons. The lowest BCUT2D eigenvalue weighted by molar-refractivity contribution is -0.137. The molecule has 0 spiro atoms. The topological polar surface area (TPSA) is 98.7 Å². The van der Waals surface area contributed by atoms with Gasteiger partial charge in [0.15, 0.2) is 0 Å². The van der Waals surface area contributed by atoms with Crippen LogP contribution in [-0.4, -0.2) is 54.1 Å². The van der Waals surface area contributed by atoms with Gasteiger partial charge in [-0.05, 0) is 20.3 Å². The van der Waals surface area contributed by atoms with Gasteiger partial charge in [-0.15, -0.1) is 0 Å². The Balaban J connectivity index is 4.19. The van der Waals surface area contributed by atoms with Gasteiger partial charge in [0, 0.05) is 39.0 Å². The lowest BCUT2D eigenvalue weighted by Crippen LogP contribution is -2.49. The minimum absolute atomic E-state index is 0.00473. The summed E-state index contributed by atoms with van der Waals surface area (Å²) >= 11 is 0. The van der Waals surface area contributed by atoms with E-state index < -0.39 is 11.5 Å². The van der Waals surface area contributed by atoms with Crippen molar-refractivity contribution in [2.75, 3.05) is 20.6 Å². The van der Waals surface area contributed by atoms with Gasteiger partial charge < -0.3 is 20.6 Å². The number of carbonyl (C=O) groups excluding carboxylic acids is 2. The smallest absolute Gasteiger partial charge is 0.317 e. The third-order valence-corrected chi connectivity index (χ3v) is 2.71. The van der Waals surface area contributed by atoms with Crippen LogP contribution in [0.5, 0.6) is 0 Å². The molecule has 3 amide bonds. The van der Waals surface area contributed by atoms with Crippen molar-refractivity contribution in [3.63, 3.8) is 0 Å². The van der Waals surface area contributed by atoms with Crippen LogP contribution < -0.4 is 10.6 Å². The molecule has 0 heterocycles. The molecule has 7 heteroatoms. The van der Waals surface area contributed by atoms with Gasteiger partial charge in [-0.3, -0.25) is 9.59 Å². The summed E-state index contributed by atoms with van der Waals surface area (Å²) < 4.78 is 0. The molecule has 0 aromatic rings. The highest BCUT2D eigenvalue weighted by Crippen LogP contribution is 2.11. The molecule has 0 fully saturated rings. The maximum Gasteiger partial charge on any atom is 0.317 e. The molecule has 0 saturated carbocycles. The number of aliphatic carboxylic acids is 1. The van der Waals surface area contributed by atoms with Crippen LogP contribution in [0.4, 0.5) is 4.79 Å². The monoisotopic (exact) mass is 273 g/mol. The summed E-state index contributed by atoms with van der Waals surface area (Å²) in [5.74, 6) is -1.03. The van der Waals surface area contributed by atoms with Crippen LogP contribution in [-0.2, 0) is 9.59 Å². The third-order valence-electron chi connectivity index (χ3n) is 2.71. The molecule has 0 unspecified atom stereocenters. The molecule has 0 aliphatic carbocycles. The van der Waals surface area contributed by atoms with E-state index in [0.29, 0.717) is 13.0 Å². The number of carbonyl (C=O) groups is 3. The van der Waals surface area contributed by atoms with E-state index in [1.807, 2.05) is 0 Å². The minimum Gasteiger partial charge on any atom is -0.481 e. The molecule has 0 saturated heterocycles. The van der Waals surface area contributed by atoms with E-state index >= 15 is 0 Å². The number of nitrogens with one attached hydrogen (secondary N) is 2. The molecule has 0 radical (unpaired) electrons. The number of carboxylic acids is 1. The van der Waals surface area contributed by atoms with Crippen LogP contribution in [0.3, 0.4) is 0 Å². The van der Waals surface area contributed by atoms with E-state index in [9.17, 15) is 14.4 Å². The summed E-state index contributed by atoms with van der Waals surface area (Å²) in [4.78, 5) is 34.8. The zero-order valence-corrected chi connectivity index (χ0v) is 11.9. The molecule has 0 atom stereocenters. The summed E-state index contributed by atoms with van der Waals surface area (Å²) in [5, 5.41) is 13.8. The van der Waals surface area contributed by atoms with Crippen molar-refractivity contribution in [3.8, 4) is 0 Å². The Labute approximate surface area is 113 Å². The highest BCUT2D eigenvalue weighted by molar-refractivity contribution is 5.78. The maximum atomic E-state index is 11.8. The Hall–Kier alpha value is -1.79. The van der Waals surface area contributed by atoms with Crippen LogP contribution in [0.1, 0.15) is 33.1 Å². The summed E-state index contributed by atoms with van der Waals surface area (Å²) in [7, 11) is 3.13. The molecular formula is C12H23N3O4. The highest BCUT2D eigenvalue weighted by atomic mass is 16.4. The Kier molecular flexibility index (Phi) is 6.89. The van der Waals surface area contributed by atoms with E-state index in [2.05, 4.69) is 10.6 Å². The van der Waals surface area contributed by atoms with Crippen molar-refractivity contribution in [3.05, 3.63) is 0 Å². The molecule has 0 rings (SSSR count). The molecule has 0 aromatic heterocycles. The zero-order chi connectivity index (χ0) is 15.1. The summed E-state index contributed by atoms with van der Waals surface area (Å²) in [6, 6.07) is -0.320. The van der Waals surface area contributed by atoms with Gasteiger partial charge in [0.25, 0.3) is 0 Å². The predicted molar refractivity (Wildman–Crippen MR) is 70.8 cm³/mol. The number of nitrogens with zero attached hydrogens (tertiary/aromatic N) is 1. The SMILES string of the molecule is CNC(=O)CCN(C)C(=O)NC(C)(C)CCC(=O)O. The molecule has 7 nitrogen and oxygen atoms in total. The van der Waals surface area contributed by atoms with Gasteiger partial charge in [0.2, 0.25) is 5.91 Å². The molecule has 19 heavy (non-hydrogen) atoms. The first-order valence-corrected chi connectivity index (χ1v) is 6.13. The van der Waals surface area contributed by atoms with E-state index in [-0.39, 0.29) is 24.8 Å². The van der Waals surface area contributed by atoms with Gasteiger partial charge in [0.05, 0.1) is 0 Å². The van der Waals surface area contributed by atoms with Crippen LogP contribution >= 0.6 is 0 Å². The Morgan fingerprint density at radius 1 is 1.21 bits per heavy atom. The second-order valence-corrected chi connectivity index (χ2v) is 5.05. The summed E-state index contributed by atoms with van der Waals surface area (Å²) in [6.07, 6.45) is 0.572. The van der Waals surface area contributed by atoms with E-state index in [1.165, 1.54) is 11.9 Å². The number of carboxylic acid groups (broad SMARTS) is 1. The number of hydrogen-bond acceptors (Lipinski definition) is 3. The fourth-order valence-electron chi connectivity index (χ4n) is 1.36. The van der Waals surface area contributed by atoms with Gasteiger partial charge in [-0.2, -0.15) is 0 Å². The first-order chi connectivity index (χ1) is 8.68. The number of urea groups is 1. The van der Waals surface area contributed by atoms with Crippen LogP contribution in [0, 0.1) is 0 Å². The van der Waals surface area contributed by atoms with Crippen LogP contribution in [0.25, 0.3) is 0 Å². The maximum absolute atomic E-state index is 11.8. The average molecular weight is 273 g/mol. The van der Waals surface area contributed by atoms with Gasteiger partial charge in [0.1, 0.15) is 0 Å². The molecule has 0 bridgehead atoms. The molecule has 0 aromatic carbocycles. The predicted octanol–water partition coefficient (Wildman–Crippen LogP) is 0.407. The zero-order valence-electron chi connectivity index (χ0n) is 11.9. The second kappa shape index (κ2) is 7.60. The van der Waals surface area contributed by atoms with Crippen molar-refractivity contribution >= 4 is 17.9 Å². The third kappa shape index (κ3) is 8.01. The molecule has 3 N–H and O–H groups in total. The molecule has 0 aliphatic heterocycles. The highest BCUT2D eigenvalue weighted by Gasteiger charge is 2.23. The van der Waals surface area contributed by atoms with Crippen molar-refractivity contribution < 1.29 is 19.5 Å². The summed E-state index contributed by atoms with van der Waals surface area (Å²) in [6.45, 7) is 3.83. The fraction of sp³-hybridized carbons (Fsp3) is 0.750. The van der Waals surface area contributed by atoms with Gasteiger partial charge in [-0.1, -0.05) is 0 Å². The quantitative estimate of drug-likeness (QED) is 0.625. The van der Waals surface area contributed by atoms with E-state index in [1.54, 1.807) is 20.9 Å². The van der Waals surface area contributed by atoms with Crippen LogP contribution in [0.2, 0.25) is 0 Å². The Morgan fingerprint density at radius 2 is 1.79 bits per heavy atom. The second-order valence-electron chi connectivity index (χ2n) is 5.05. The normalized spacial score (nSPS) is 10.7. The van der Waals surface area contributed by atoms with E-state index in [0.717, 1.165) is 0 Å². The largest absolute Gasteiger partial charge is 0.481 e. The molecule has 0 aliphatic rings. The average Bonchev–Trinajstić information content (AvgIpc) is 2.32. The minimum atomic E-state index is -0.893. The van der Waals surface area contributed by atoms with Crippen molar-refractivity contribution in [1.82, 2.24) is 15.5 Å². The number of hydrogen-bond donors (Lipinski definition) is 3. The standard InChI is InChI=1S/C12H23N3O4/c1-12(2,7-5-10(17)18)14-11(19)15(4)8-6-9(16)13-3/h5-8H2,1-4H3,(H,13,16)(H,14,19)(H,17,18). The Morgan fingerprint density at radius 3 is 2.26 bits per heavy atom. The lowest BCUT2D eigenvalue weighted by atomic mass is 9.99. The van der Waals surface area contributed by atoms with Crippen LogP contribution in [0.15, 0.2) is 0 Å². The Bertz CT molecular complexity index is 342. The molecular weight excluding hydrogens is 250 g/mol. The fourth-order valence-corrected chi connectivity index (χ4v) is 1.36. The van der Waals surface area contributed by atoms with Crippen molar-refractivity contribution in [1.29, 1.82) is 0 Å². The van der Waals surface area contributed by atoms with Crippen molar-refractivity contribution in [2.45, 2.75) is 38.6 Å². The number of amides is 3. The van der Waals surface area contributed by atoms with E-state index in [4.69, 9.17) is 5.11 Å². The van der Waals surface area contributed by atoms with Crippen molar-refractivity contribution in [2.24, 2.45) is 0 Å². The van der Waals surface area contributed by atoms with Gasteiger partial charge in [-0.25, -0.2) is 4.79 Å². The summed E-state index contributed by atoms with van der Waals surface area (Å²) in [5.41, 5.74) is -0.600. The van der Waals surface area contributed by atoms with Gasteiger partial charge >= 0.3 is 12.0 Å². The lowest BCUT2D eigenvalue weighted by Gasteiger charge is -2.28. The number of rotatable bonds is 7. The first kappa shape index (κ1) is 17.2.